The number of nitrogens with zero attached hydrogens (tertiary/aromatic N) is 1. The van der Waals surface area contributed by atoms with Crippen LogP contribution in [0, 0.1) is 5.92 Å². The Morgan fingerprint density at radius 3 is 2.33 bits per heavy atom. The summed E-state index contributed by atoms with van der Waals surface area (Å²) in [6, 6.07) is 5.95. The van der Waals surface area contributed by atoms with Crippen LogP contribution in [0.4, 0.5) is 0 Å². The second-order valence-electron chi connectivity index (χ2n) is 7.01. The minimum absolute atomic E-state index is 0.538. The second-order valence-corrected chi connectivity index (χ2v) is 7.01. The van der Waals surface area contributed by atoms with Crippen molar-refractivity contribution in [3.05, 3.63) is 29.8 Å². The van der Waals surface area contributed by atoms with E-state index in [9.17, 15) is 0 Å². The lowest BCUT2D eigenvalue weighted by molar-refractivity contribution is -0.159. The molecule has 2 N–H and O–H groups in total. The van der Waals surface area contributed by atoms with Crippen LogP contribution in [-0.4, -0.2) is 73.6 Å². The standard InChI is InChI=1S/C20H31NO3.C2H2O4/c1-4-5-18-6-7-19(20(16-18)22-3)24-15-14-23-13-12-21-10-8-17(2)9-11-21;3-1(4)2(5)6/h4-7,16-17H,8-15H2,1-3H3;(H,3,4)(H,5,6). The molecule has 1 aromatic rings. The average Bonchev–Trinajstić information content (AvgIpc) is 2.73. The maximum atomic E-state index is 9.10. The summed E-state index contributed by atoms with van der Waals surface area (Å²) in [5, 5.41) is 14.8. The van der Waals surface area contributed by atoms with Crippen molar-refractivity contribution in [1.82, 2.24) is 4.90 Å². The first-order chi connectivity index (χ1) is 14.4. The van der Waals surface area contributed by atoms with E-state index in [-0.39, 0.29) is 0 Å². The van der Waals surface area contributed by atoms with E-state index in [1.54, 1.807) is 7.11 Å². The highest BCUT2D eigenvalue weighted by Crippen LogP contribution is 2.28. The number of rotatable bonds is 9. The fourth-order valence-corrected chi connectivity index (χ4v) is 2.89. The summed E-state index contributed by atoms with van der Waals surface area (Å²) in [4.78, 5) is 20.7. The Labute approximate surface area is 178 Å². The summed E-state index contributed by atoms with van der Waals surface area (Å²) in [6.07, 6.45) is 6.67. The summed E-state index contributed by atoms with van der Waals surface area (Å²) < 4.78 is 16.9. The molecule has 8 heteroatoms. The third-order valence-electron chi connectivity index (χ3n) is 4.64. The van der Waals surface area contributed by atoms with E-state index in [2.05, 4.69) is 11.8 Å². The molecule has 0 bridgehead atoms. The summed E-state index contributed by atoms with van der Waals surface area (Å²) in [6.45, 7) is 9.68. The average molecular weight is 424 g/mol. The highest BCUT2D eigenvalue weighted by Gasteiger charge is 2.14. The predicted molar refractivity (Wildman–Crippen MR) is 114 cm³/mol. The zero-order chi connectivity index (χ0) is 22.4. The molecule has 0 amide bonds. The highest BCUT2D eigenvalue weighted by atomic mass is 16.5. The molecule has 2 rings (SSSR count). The van der Waals surface area contributed by atoms with Crippen molar-refractivity contribution < 1.29 is 34.0 Å². The summed E-state index contributed by atoms with van der Waals surface area (Å²) >= 11 is 0. The molecule has 0 aliphatic carbocycles. The van der Waals surface area contributed by atoms with E-state index >= 15 is 0 Å². The van der Waals surface area contributed by atoms with Crippen LogP contribution in [0.1, 0.15) is 32.3 Å². The summed E-state index contributed by atoms with van der Waals surface area (Å²) in [5.74, 6) is -1.25. The van der Waals surface area contributed by atoms with Gasteiger partial charge in [-0.3, -0.25) is 0 Å². The zero-order valence-electron chi connectivity index (χ0n) is 18.0. The van der Waals surface area contributed by atoms with Gasteiger partial charge in [-0.15, -0.1) is 0 Å². The van der Waals surface area contributed by atoms with Gasteiger partial charge < -0.3 is 29.3 Å². The van der Waals surface area contributed by atoms with Crippen molar-refractivity contribution in [2.24, 2.45) is 5.92 Å². The van der Waals surface area contributed by atoms with Gasteiger partial charge in [-0.05, 0) is 56.5 Å². The number of carbonyl (C=O) groups is 2. The number of hydrogen-bond donors (Lipinski definition) is 2. The van der Waals surface area contributed by atoms with Crippen LogP contribution >= 0.6 is 0 Å². The Morgan fingerprint density at radius 1 is 1.10 bits per heavy atom. The van der Waals surface area contributed by atoms with E-state index in [1.807, 2.05) is 37.3 Å². The van der Waals surface area contributed by atoms with Crippen LogP contribution in [0.2, 0.25) is 0 Å². The number of aliphatic carboxylic acids is 2. The van der Waals surface area contributed by atoms with Crippen molar-refractivity contribution in [3.8, 4) is 11.5 Å². The van der Waals surface area contributed by atoms with E-state index < -0.39 is 11.9 Å². The molecule has 1 aliphatic heterocycles. The van der Waals surface area contributed by atoms with E-state index in [1.165, 1.54) is 25.9 Å². The van der Waals surface area contributed by atoms with Crippen molar-refractivity contribution in [1.29, 1.82) is 0 Å². The molecule has 1 fully saturated rings. The van der Waals surface area contributed by atoms with Gasteiger partial charge in [0, 0.05) is 6.54 Å². The van der Waals surface area contributed by atoms with E-state index in [4.69, 9.17) is 34.0 Å². The van der Waals surface area contributed by atoms with Crippen LogP contribution in [0.3, 0.4) is 0 Å². The molecule has 1 heterocycles. The van der Waals surface area contributed by atoms with Crippen LogP contribution in [-0.2, 0) is 14.3 Å². The molecule has 30 heavy (non-hydrogen) atoms. The molecule has 1 aliphatic rings. The van der Waals surface area contributed by atoms with Gasteiger partial charge in [0.2, 0.25) is 0 Å². The maximum absolute atomic E-state index is 9.10. The Morgan fingerprint density at radius 2 is 1.77 bits per heavy atom. The van der Waals surface area contributed by atoms with Gasteiger partial charge in [0.15, 0.2) is 11.5 Å². The molecule has 168 valence electrons. The fraction of sp³-hybridized carbons (Fsp3) is 0.545. The van der Waals surface area contributed by atoms with Crippen LogP contribution in [0.15, 0.2) is 24.3 Å². The van der Waals surface area contributed by atoms with Gasteiger partial charge in [-0.1, -0.05) is 25.1 Å². The van der Waals surface area contributed by atoms with Crippen LogP contribution in [0.25, 0.3) is 6.08 Å². The van der Waals surface area contributed by atoms with Gasteiger partial charge in [-0.25, -0.2) is 9.59 Å². The second kappa shape index (κ2) is 14.4. The molecule has 0 aromatic heterocycles. The number of carboxylic acids is 2. The topological polar surface area (TPSA) is 106 Å². The minimum atomic E-state index is -1.82. The van der Waals surface area contributed by atoms with Gasteiger partial charge in [0.05, 0.1) is 20.3 Å². The van der Waals surface area contributed by atoms with Crippen molar-refractivity contribution in [2.75, 3.05) is 46.6 Å². The molecule has 0 saturated carbocycles. The third kappa shape index (κ3) is 10.3. The lowest BCUT2D eigenvalue weighted by Gasteiger charge is -2.29. The number of ether oxygens (including phenoxy) is 3. The molecule has 1 saturated heterocycles. The first kappa shape index (κ1) is 25.5. The largest absolute Gasteiger partial charge is 0.493 e. The molecular weight excluding hydrogens is 390 g/mol. The maximum Gasteiger partial charge on any atom is 0.414 e. The van der Waals surface area contributed by atoms with Crippen molar-refractivity contribution in [2.45, 2.75) is 26.7 Å². The number of methoxy groups -OCH3 is 1. The quantitative estimate of drug-likeness (QED) is 0.461. The van der Waals surface area contributed by atoms with Crippen LogP contribution in [0.5, 0.6) is 11.5 Å². The van der Waals surface area contributed by atoms with Gasteiger partial charge in [0.25, 0.3) is 0 Å². The monoisotopic (exact) mass is 423 g/mol. The molecule has 0 radical (unpaired) electrons. The molecule has 0 atom stereocenters. The van der Waals surface area contributed by atoms with Gasteiger partial charge in [0.1, 0.15) is 6.61 Å². The first-order valence-corrected chi connectivity index (χ1v) is 10.1. The number of carboxylic acid groups (broad SMARTS) is 2. The Hall–Kier alpha value is -2.58. The minimum Gasteiger partial charge on any atom is -0.493 e. The predicted octanol–water partition coefficient (Wildman–Crippen LogP) is 3.01. The lowest BCUT2D eigenvalue weighted by Crippen LogP contribution is -2.35. The first-order valence-electron chi connectivity index (χ1n) is 10.1. The lowest BCUT2D eigenvalue weighted by atomic mass is 9.99. The number of likely N-dealkylation sites (tertiary alicyclic amines) is 1. The number of hydrogen-bond acceptors (Lipinski definition) is 6. The molecule has 1 aromatic carbocycles. The van der Waals surface area contributed by atoms with Crippen molar-refractivity contribution >= 4 is 18.0 Å². The Bertz CT molecular complexity index is 670. The SMILES string of the molecule is CC=Cc1ccc(OCCOCCN2CCC(C)CC2)c(OC)c1.O=C(O)C(=O)O. The molecule has 0 spiro atoms. The molecule has 8 nitrogen and oxygen atoms in total. The number of allylic oxidation sites excluding steroid dienone is 1. The zero-order valence-corrected chi connectivity index (χ0v) is 18.0. The van der Waals surface area contributed by atoms with Crippen molar-refractivity contribution in [3.63, 3.8) is 0 Å². The molecular formula is C22H33NO7. The summed E-state index contributed by atoms with van der Waals surface area (Å²) in [5.41, 5.74) is 1.11. The highest BCUT2D eigenvalue weighted by molar-refractivity contribution is 6.27. The number of piperidine rings is 1. The number of benzene rings is 1. The van der Waals surface area contributed by atoms with Gasteiger partial charge >= 0.3 is 11.9 Å². The van der Waals surface area contributed by atoms with Gasteiger partial charge in [-0.2, -0.15) is 0 Å². The molecule has 0 unspecified atom stereocenters. The fourth-order valence-electron chi connectivity index (χ4n) is 2.89. The smallest absolute Gasteiger partial charge is 0.414 e. The Kier molecular flexibility index (Phi) is 12.2. The van der Waals surface area contributed by atoms with E-state index in [0.717, 1.165) is 36.1 Å². The normalized spacial score (nSPS) is 14.8. The van der Waals surface area contributed by atoms with Crippen LogP contribution < -0.4 is 9.47 Å². The van der Waals surface area contributed by atoms with E-state index in [0.29, 0.717) is 13.2 Å². The Balaban J connectivity index is 0.000000656. The third-order valence-corrected chi connectivity index (χ3v) is 4.64. The summed E-state index contributed by atoms with van der Waals surface area (Å²) in [7, 11) is 1.66.